The average molecular weight is 206 g/mol. The zero-order valence-corrected chi connectivity index (χ0v) is 9.78. The topological polar surface area (TPSA) is 26.3 Å². The molecule has 1 atom stereocenters. The van der Waals surface area contributed by atoms with E-state index in [1.807, 2.05) is 19.1 Å². The zero-order chi connectivity index (χ0) is 11.5. The molecule has 0 spiro atoms. The Hall–Kier alpha value is -1.31. The molecular weight excluding hydrogens is 188 g/mol. The highest BCUT2D eigenvalue weighted by Crippen LogP contribution is 2.24. The van der Waals surface area contributed by atoms with Gasteiger partial charge < -0.3 is 4.74 Å². The fraction of sp³-hybridized carbons (Fsp3) is 0.462. The molecule has 82 valence electrons. The number of benzene rings is 1. The number of carbonyl (C=O) groups is 1. The molecule has 0 bridgehead atoms. The zero-order valence-electron chi connectivity index (χ0n) is 9.78. The Bertz CT molecular complexity index is 337. The van der Waals surface area contributed by atoms with E-state index in [0.29, 0.717) is 5.56 Å². The lowest BCUT2D eigenvalue weighted by atomic mass is 9.90. The van der Waals surface area contributed by atoms with Gasteiger partial charge in [-0.3, -0.25) is 4.79 Å². The number of rotatable bonds is 3. The van der Waals surface area contributed by atoms with Crippen LogP contribution in [0.25, 0.3) is 0 Å². The van der Waals surface area contributed by atoms with Crippen molar-refractivity contribution in [3.8, 4) is 5.75 Å². The minimum Gasteiger partial charge on any atom is -0.490 e. The highest BCUT2D eigenvalue weighted by molar-refractivity contribution is 5.75. The van der Waals surface area contributed by atoms with Crippen LogP contribution in [0.1, 0.15) is 38.1 Å². The first-order valence-electron chi connectivity index (χ1n) is 5.15. The summed E-state index contributed by atoms with van der Waals surface area (Å²) in [5, 5.41) is 0. The molecular formula is C13H18O2. The molecule has 0 aliphatic rings. The van der Waals surface area contributed by atoms with Gasteiger partial charge in [-0.25, -0.2) is 0 Å². The molecule has 0 amide bonds. The van der Waals surface area contributed by atoms with Crippen molar-refractivity contribution in [2.24, 2.45) is 5.41 Å². The Morgan fingerprint density at radius 1 is 1.33 bits per heavy atom. The van der Waals surface area contributed by atoms with E-state index in [2.05, 4.69) is 20.8 Å². The summed E-state index contributed by atoms with van der Waals surface area (Å²) in [7, 11) is 0. The molecule has 0 saturated heterocycles. The maximum absolute atomic E-state index is 10.6. The van der Waals surface area contributed by atoms with Crippen LogP contribution < -0.4 is 4.74 Å². The van der Waals surface area contributed by atoms with Gasteiger partial charge in [0.2, 0.25) is 0 Å². The van der Waals surface area contributed by atoms with E-state index < -0.39 is 0 Å². The third-order valence-electron chi connectivity index (χ3n) is 2.53. The second kappa shape index (κ2) is 4.47. The molecule has 1 aromatic rings. The summed E-state index contributed by atoms with van der Waals surface area (Å²) >= 11 is 0. The fourth-order valence-corrected chi connectivity index (χ4v) is 1.04. The summed E-state index contributed by atoms with van der Waals surface area (Å²) in [6, 6.07) is 7.22. The molecule has 1 unspecified atom stereocenters. The number of hydrogen-bond donors (Lipinski definition) is 0. The highest BCUT2D eigenvalue weighted by atomic mass is 16.5. The van der Waals surface area contributed by atoms with Crippen LogP contribution in [0.3, 0.4) is 0 Å². The van der Waals surface area contributed by atoms with Gasteiger partial charge in [0.05, 0.1) is 0 Å². The van der Waals surface area contributed by atoms with E-state index in [0.717, 1.165) is 12.0 Å². The number of ether oxygens (including phenoxy) is 1. The van der Waals surface area contributed by atoms with Gasteiger partial charge in [-0.2, -0.15) is 0 Å². The molecule has 0 fully saturated rings. The first-order valence-corrected chi connectivity index (χ1v) is 5.15. The Kier molecular flexibility index (Phi) is 3.51. The van der Waals surface area contributed by atoms with E-state index in [1.54, 1.807) is 12.1 Å². The van der Waals surface area contributed by atoms with Crippen molar-refractivity contribution in [3.05, 3.63) is 29.8 Å². The van der Waals surface area contributed by atoms with E-state index in [-0.39, 0.29) is 11.5 Å². The summed E-state index contributed by atoms with van der Waals surface area (Å²) < 4.78 is 5.76. The monoisotopic (exact) mass is 206 g/mol. The molecule has 2 heteroatoms. The van der Waals surface area contributed by atoms with Gasteiger partial charge in [0.1, 0.15) is 18.1 Å². The largest absolute Gasteiger partial charge is 0.490 e. The van der Waals surface area contributed by atoms with E-state index in [9.17, 15) is 4.79 Å². The van der Waals surface area contributed by atoms with E-state index in [4.69, 9.17) is 4.74 Å². The molecule has 0 aromatic heterocycles. The van der Waals surface area contributed by atoms with Crippen molar-refractivity contribution in [1.82, 2.24) is 0 Å². The molecule has 0 saturated carbocycles. The molecule has 1 aromatic carbocycles. The molecule has 0 aliphatic carbocycles. The van der Waals surface area contributed by atoms with Crippen LogP contribution in [0.5, 0.6) is 5.75 Å². The number of aldehydes is 1. The molecule has 0 heterocycles. The van der Waals surface area contributed by atoms with Gasteiger partial charge in [-0.1, -0.05) is 32.9 Å². The minimum absolute atomic E-state index is 0.0944. The van der Waals surface area contributed by atoms with Crippen LogP contribution in [-0.2, 0) is 0 Å². The molecule has 0 N–H and O–H groups in total. The molecule has 2 nitrogen and oxygen atoms in total. The van der Waals surface area contributed by atoms with Gasteiger partial charge in [-0.05, 0) is 24.5 Å². The van der Waals surface area contributed by atoms with Crippen molar-refractivity contribution in [1.29, 1.82) is 0 Å². The normalized spacial score (nSPS) is 13.3. The summed E-state index contributed by atoms with van der Waals surface area (Å²) in [6.45, 7) is 8.41. The summed E-state index contributed by atoms with van der Waals surface area (Å²) in [5.41, 5.74) is 0.741. The van der Waals surface area contributed by atoms with Crippen molar-refractivity contribution in [2.45, 2.75) is 33.8 Å². The third kappa shape index (κ3) is 3.39. The lowest BCUT2D eigenvalue weighted by Gasteiger charge is -2.27. The average Bonchev–Trinajstić information content (AvgIpc) is 2.16. The quantitative estimate of drug-likeness (QED) is 0.709. The molecule has 0 radical (unpaired) electrons. The Labute approximate surface area is 91.3 Å². The number of carbonyl (C=O) groups excluding carboxylic acids is 1. The maximum Gasteiger partial charge on any atom is 0.150 e. The summed E-state index contributed by atoms with van der Waals surface area (Å²) in [6.07, 6.45) is 0.939. The smallest absolute Gasteiger partial charge is 0.150 e. The molecule has 1 rings (SSSR count). The Morgan fingerprint density at radius 3 is 2.53 bits per heavy atom. The molecule has 0 aliphatic heterocycles. The van der Waals surface area contributed by atoms with Gasteiger partial charge in [0.15, 0.2) is 0 Å². The van der Waals surface area contributed by atoms with Gasteiger partial charge in [0.25, 0.3) is 0 Å². The fourth-order valence-electron chi connectivity index (χ4n) is 1.04. The predicted octanol–water partition coefficient (Wildman–Crippen LogP) is 3.31. The lowest BCUT2D eigenvalue weighted by Crippen LogP contribution is -2.28. The maximum atomic E-state index is 10.6. The molecule has 15 heavy (non-hydrogen) atoms. The first kappa shape index (κ1) is 11.8. The van der Waals surface area contributed by atoms with Crippen LogP contribution in [0.2, 0.25) is 0 Å². The third-order valence-corrected chi connectivity index (χ3v) is 2.53. The van der Waals surface area contributed by atoms with Crippen molar-refractivity contribution in [2.75, 3.05) is 0 Å². The van der Waals surface area contributed by atoms with Crippen LogP contribution >= 0.6 is 0 Å². The second-order valence-electron chi connectivity index (χ2n) is 4.82. The van der Waals surface area contributed by atoms with Crippen molar-refractivity contribution < 1.29 is 9.53 Å². The lowest BCUT2D eigenvalue weighted by molar-refractivity contribution is 0.103. The van der Waals surface area contributed by atoms with Gasteiger partial charge in [-0.15, -0.1) is 0 Å². The van der Waals surface area contributed by atoms with Crippen molar-refractivity contribution >= 4 is 6.29 Å². The Morgan fingerprint density at radius 2 is 2.00 bits per heavy atom. The van der Waals surface area contributed by atoms with E-state index >= 15 is 0 Å². The van der Waals surface area contributed by atoms with Crippen LogP contribution in [0, 0.1) is 5.41 Å². The second-order valence-corrected chi connectivity index (χ2v) is 4.82. The first-order chi connectivity index (χ1) is 6.93. The SMILES string of the molecule is CC(Oc1cccc(C=O)c1)C(C)(C)C. The summed E-state index contributed by atoms with van der Waals surface area (Å²) in [4.78, 5) is 10.6. The number of hydrogen-bond acceptors (Lipinski definition) is 2. The van der Waals surface area contributed by atoms with E-state index in [1.165, 1.54) is 0 Å². The van der Waals surface area contributed by atoms with Crippen LogP contribution in [0.4, 0.5) is 0 Å². The van der Waals surface area contributed by atoms with Gasteiger partial charge >= 0.3 is 0 Å². The summed E-state index contributed by atoms with van der Waals surface area (Å²) in [5.74, 6) is 0.752. The van der Waals surface area contributed by atoms with Gasteiger partial charge in [0, 0.05) is 5.56 Å². The standard InChI is InChI=1S/C13H18O2/c1-10(13(2,3)4)15-12-7-5-6-11(8-12)9-14/h5-10H,1-4H3. The minimum atomic E-state index is 0.0944. The van der Waals surface area contributed by atoms with Crippen LogP contribution in [-0.4, -0.2) is 12.4 Å². The van der Waals surface area contributed by atoms with Crippen LogP contribution in [0.15, 0.2) is 24.3 Å². The van der Waals surface area contributed by atoms with Crippen molar-refractivity contribution in [3.63, 3.8) is 0 Å². The Balaban J connectivity index is 2.76. The predicted molar refractivity (Wildman–Crippen MR) is 61.4 cm³/mol. The highest BCUT2D eigenvalue weighted by Gasteiger charge is 2.21.